The number of aromatic amines is 1. The quantitative estimate of drug-likeness (QED) is 0.459. The second-order valence-corrected chi connectivity index (χ2v) is 4.78. The molecule has 1 aromatic carbocycles. The first-order valence-corrected chi connectivity index (χ1v) is 6.06. The van der Waals surface area contributed by atoms with Gasteiger partial charge in [-0.25, -0.2) is 0 Å². The van der Waals surface area contributed by atoms with Gasteiger partial charge in [-0.05, 0) is 17.7 Å². The van der Waals surface area contributed by atoms with E-state index in [4.69, 9.17) is 5.53 Å². The minimum atomic E-state index is -1.12. The number of aliphatic hydroxyl groups excluding tert-OH is 2. The highest BCUT2D eigenvalue weighted by atomic mass is 79.9. The Kier molecular flexibility index (Phi) is 3.88. The Morgan fingerprint density at radius 2 is 2.22 bits per heavy atom. The van der Waals surface area contributed by atoms with Gasteiger partial charge in [0, 0.05) is 32.0 Å². The number of fused-ring (bicyclic) bond motifs is 1. The Bertz CT molecular complexity index is 606. The van der Waals surface area contributed by atoms with E-state index in [-0.39, 0.29) is 6.54 Å². The van der Waals surface area contributed by atoms with Crippen LogP contribution in [-0.4, -0.2) is 27.8 Å². The molecule has 1 heterocycles. The van der Waals surface area contributed by atoms with Crippen LogP contribution in [0.2, 0.25) is 0 Å². The van der Waals surface area contributed by atoms with Crippen molar-refractivity contribution in [1.29, 1.82) is 0 Å². The van der Waals surface area contributed by atoms with Gasteiger partial charge >= 0.3 is 0 Å². The van der Waals surface area contributed by atoms with Gasteiger partial charge in [0.25, 0.3) is 0 Å². The normalized spacial score (nSPS) is 14.2. The predicted molar refractivity (Wildman–Crippen MR) is 71.0 cm³/mol. The molecule has 0 amide bonds. The van der Waals surface area contributed by atoms with Crippen molar-refractivity contribution in [2.75, 3.05) is 6.54 Å². The number of hydrogen-bond acceptors (Lipinski definition) is 3. The zero-order chi connectivity index (χ0) is 13.1. The third kappa shape index (κ3) is 2.49. The standard InChI is InChI=1S/C11H11BrN4O2/c12-6-1-2-7-8(4-14-9(7)3-6)11(18)10(17)5-15-16-13/h1-4,10-11,14,17-18H,5H2. The van der Waals surface area contributed by atoms with Gasteiger partial charge in [0.05, 0.1) is 12.6 Å². The minimum absolute atomic E-state index is 0.166. The highest BCUT2D eigenvalue weighted by Gasteiger charge is 2.20. The average Bonchev–Trinajstić information content (AvgIpc) is 2.77. The molecule has 2 unspecified atom stereocenters. The molecule has 3 N–H and O–H groups in total. The molecule has 0 saturated carbocycles. The van der Waals surface area contributed by atoms with Gasteiger partial charge in [-0.2, -0.15) is 0 Å². The number of nitrogens with zero attached hydrogens (tertiary/aromatic N) is 3. The molecule has 6 nitrogen and oxygen atoms in total. The van der Waals surface area contributed by atoms with E-state index in [1.54, 1.807) is 6.20 Å². The highest BCUT2D eigenvalue weighted by Crippen LogP contribution is 2.28. The Balaban J connectivity index is 2.33. The number of halogens is 1. The molecule has 0 spiro atoms. The monoisotopic (exact) mass is 310 g/mol. The number of hydrogen-bond donors (Lipinski definition) is 3. The van der Waals surface area contributed by atoms with E-state index in [2.05, 4.69) is 30.9 Å². The first-order valence-electron chi connectivity index (χ1n) is 5.27. The number of aliphatic hydroxyl groups is 2. The Morgan fingerprint density at radius 1 is 1.44 bits per heavy atom. The van der Waals surface area contributed by atoms with Crippen molar-refractivity contribution >= 4 is 26.8 Å². The molecule has 2 rings (SSSR count). The second-order valence-electron chi connectivity index (χ2n) is 3.86. The predicted octanol–water partition coefficient (Wildman–Crippen LogP) is 2.64. The van der Waals surface area contributed by atoms with Crippen molar-refractivity contribution in [2.24, 2.45) is 5.11 Å². The van der Waals surface area contributed by atoms with Gasteiger partial charge < -0.3 is 15.2 Å². The smallest absolute Gasteiger partial charge is 0.107 e. The number of rotatable bonds is 4. The summed E-state index contributed by atoms with van der Waals surface area (Å²) < 4.78 is 0.924. The SMILES string of the molecule is [N-]=[N+]=NCC(O)C(O)c1c[nH]c2cc(Br)ccc12. The summed E-state index contributed by atoms with van der Waals surface area (Å²) in [5.74, 6) is 0. The van der Waals surface area contributed by atoms with Crippen molar-refractivity contribution in [3.63, 3.8) is 0 Å². The summed E-state index contributed by atoms with van der Waals surface area (Å²) in [5.41, 5.74) is 9.62. The lowest BCUT2D eigenvalue weighted by molar-refractivity contribution is 0.0253. The third-order valence-corrected chi connectivity index (χ3v) is 3.18. The molecule has 0 aliphatic heterocycles. The van der Waals surface area contributed by atoms with Gasteiger partial charge in [0.2, 0.25) is 0 Å². The first kappa shape index (κ1) is 12.9. The van der Waals surface area contributed by atoms with Crippen LogP contribution in [-0.2, 0) is 0 Å². The summed E-state index contributed by atoms with van der Waals surface area (Å²) in [6, 6.07) is 5.58. The first-order chi connectivity index (χ1) is 8.63. The van der Waals surface area contributed by atoms with Crippen molar-refractivity contribution in [3.8, 4) is 0 Å². The van der Waals surface area contributed by atoms with E-state index in [0.29, 0.717) is 5.56 Å². The Labute approximate surface area is 111 Å². The molecule has 0 saturated heterocycles. The maximum atomic E-state index is 10.0. The van der Waals surface area contributed by atoms with Crippen LogP contribution in [0.3, 0.4) is 0 Å². The van der Waals surface area contributed by atoms with Crippen LogP contribution in [0.5, 0.6) is 0 Å². The second kappa shape index (κ2) is 5.41. The molecule has 18 heavy (non-hydrogen) atoms. The zero-order valence-corrected chi connectivity index (χ0v) is 10.9. The molecule has 0 aliphatic rings. The fraction of sp³-hybridized carbons (Fsp3) is 0.273. The van der Waals surface area contributed by atoms with E-state index in [1.165, 1.54) is 0 Å². The van der Waals surface area contributed by atoms with Gasteiger partial charge in [0.1, 0.15) is 6.10 Å². The van der Waals surface area contributed by atoms with Gasteiger partial charge in [-0.3, -0.25) is 0 Å². The molecule has 2 aromatic rings. The van der Waals surface area contributed by atoms with Crippen LogP contribution >= 0.6 is 15.9 Å². The van der Waals surface area contributed by atoms with Crippen molar-refractivity contribution < 1.29 is 10.2 Å². The molecular formula is C11H11BrN4O2. The summed E-state index contributed by atoms with van der Waals surface area (Å²) in [5, 5.41) is 23.8. The van der Waals surface area contributed by atoms with Crippen LogP contribution in [0.4, 0.5) is 0 Å². The van der Waals surface area contributed by atoms with Gasteiger partial charge in [-0.15, -0.1) is 0 Å². The highest BCUT2D eigenvalue weighted by molar-refractivity contribution is 9.10. The van der Waals surface area contributed by atoms with Crippen molar-refractivity contribution in [2.45, 2.75) is 12.2 Å². The largest absolute Gasteiger partial charge is 0.390 e. The molecular weight excluding hydrogens is 300 g/mol. The maximum Gasteiger partial charge on any atom is 0.107 e. The molecule has 0 fully saturated rings. The third-order valence-electron chi connectivity index (χ3n) is 2.69. The summed E-state index contributed by atoms with van der Waals surface area (Å²) >= 11 is 3.35. The topological polar surface area (TPSA) is 105 Å². The van der Waals surface area contributed by atoms with Crippen molar-refractivity contribution in [3.05, 3.63) is 44.9 Å². The van der Waals surface area contributed by atoms with Crippen LogP contribution in [0.1, 0.15) is 11.7 Å². The van der Waals surface area contributed by atoms with Gasteiger partial charge in [-0.1, -0.05) is 27.1 Å². The number of H-pyrrole nitrogens is 1. The molecule has 0 radical (unpaired) electrons. The maximum absolute atomic E-state index is 10.0. The average molecular weight is 311 g/mol. The van der Waals surface area contributed by atoms with Crippen LogP contribution in [0.15, 0.2) is 34.0 Å². The lowest BCUT2D eigenvalue weighted by atomic mass is 10.0. The fourth-order valence-electron chi connectivity index (χ4n) is 1.79. The molecule has 0 aliphatic carbocycles. The van der Waals surface area contributed by atoms with Gasteiger partial charge in [0.15, 0.2) is 0 Å². The van der Waals surface area contributed by atoms with Crippen LogP contribution in [0.25, 0.3) is 21.3 Å². The molecule has 7 heteroatoms. The number of aromatic nitrogens is 1. The molecule has 94 valence electrons. The minimum Gasteiger partial charge on any atom is -0.390 e. The van der Waals surface area contributed by atoms with E-state index in [0.717, 1.165) is 15.4 Å². The molecule has 2 atom stereocenters. The van der Waals surface area contributed by atoms with E-state index in [9.17, 15) is 10.2 Å². The summed E-state index contributed by atoms with van der Waals surface area (Å²) in [6.07, 6.45) is -0.574. The summed E-state index contributed by atoms with van der Waals surface area (Å²) in [4.78, 5) is 5.57. The lowest BCUT2D eigenvalue weighted by Gasteiger charge is -2.15. The lowest BCUT2D eigenvalue weighted by Crippen LogP contribution is -2.20. The number of nitrogens with one attached hydrogen (secondary N) is 1. The molecule has 1 aromatic heterocycles. The summed E-state index contributed by atoms with van der Waals surface area (Å²) in [6.45, 7) is -0.166. The fourth-order valence-corrected chi connectivity index (χ4v) is 2.15. The number of benzene rings is 1. The van der Waals surface area contributed by atoms with Crippen LogP contribution in [0, 0.1) is 0 Å². The summed E-state index contributed by atoms with van der Waals surface area (Å²) in [7, 11) is 0. The van der Waals surface area contributed by atoms with E-state index >= 15 is 0 Å². The Morgan fingerprint density at radius 3 is 2.94 bits per heavy atom. The molecule has 0 bridgehead atoms. The van der Waals surface area contributed by atoms with Crippen LogP contribution < -0.4 is 0 Å². The van der Waals surface area contributed by atoms with E-state index in [1.807, 2.05) is 18.2 Å². The Hall–Kier alpha value is -1.53. The number of azide groups is 1. The van der Waals surface area contributed by atoms with Crippen molar-refractivity contribution in [1.82, 2.24) is 4.98 Å². The van der Waals surface area contributed by atoms with E-state index < -0.39 is 12.2 Å². The zero-order valence-electron chi connectivity index (χ0n) is 9.29.